The molecule has 1 amide bonds. The Labute approximate surface area is 126 Å². The summed E-state index contributed by atoms with van der Waals surface area (Å²) in [5, 5.41) is 9.41. The molecule has 6 heteroatoms. The van der Waals surface area contributed by atoms with E-state index in [1.165, 1.54) is 0 Å². The number of aliphatic carboxylic acids is 1. The Morgan fingerprint density at radius 2 is 2.05 bits per heavy atom. The van der Waals surface area contributed by atoms with Gasteiger partial charge in [-0.25, -0.2) is 4.79 Å². The Morgan fingerprint density at radius 3 is 2.55 bits per heavy atom. The standard InChI is InChI=1S/C14H17NO3S2/c1-7-5-10(8(2)20-7)12(16)15-11(14(17)18)6-19-13(15)9-3-4-9/h5,9,11,13H,3-4,6H2,1-2H3,(H,17,18). The molecule has 1 saturated carbocycles. The van der Waals surface area contributed by atoms with Crippen LogP contribution in [0, 0.1) is 19.8 Å². The second-order valence-corrected chi connectivity index (χ2v) is 8.06. The number of rotatable bonds is 3. The lowest BCUT2D eigenvalue weighted by molar-refractivity contribution is -0.141. The van der Waals surface area contributed by atoms with Gasteiger partial charge in [-0.15, -0.1) is 23.1 Å². The highest BCUT2D eigenvalue weighted by molar-refractivity contribution is 8.00. The summed E-state index contributed by atoms with van der Waals surface area (Å²) in [6, 6.07) is 1.20. The molecule has 2 fully saturated rings. The van der Waals surface area contributed by atoms with Crippen molar-refractivity contribution in [1.82, 2.24) is 4.90 Å². The van der Waals surface area contributed by atoms with Gasteiger partial charge in [0.15, 0.2) is 0 Å². The Bertz CT molecular complexity index is 565. The van der Waals surface area contributed by atoms with Crippen LogP contribution in [0.1, 0.15) is 33.0 Å². The highest BCUT2D eigenvalue weighted by Gasteiger charge is 2.48. The molecule has 3 rings (SSSR count). The van der Waals surface area contributed by atoms with Gasteiger partial charge in [-0.05, 0) is 38.7 Å². The predicted octanol–water partition coefficient (Wildman–Crippen LogP) is 2.74. The first-order valence-corrected chi connectivity index (χ1v) is 8.59. The van der Waals surface area contributed by atoms with Crippen LogP contribution in [0.4, 0.5) is 0 Å². The maximum absolute atomic E-state index is 12.8. The Balaban J connectivity index is 1.92. The van der Waals surface area contributed by atoms with Gasteiger partial charge in [-0.1, -0.05) is 0 Å². The monoisotopic (exact) mass is 311 g/mol. The zero-order valence-corrected chi connectivity index (χ0v) is 13.1. The van der Waals surface area contributed by atoms with E-state index in [1.54, 1.807) is 28.0 Å². The number of thioether (sulfide) groups is 1. The molecular formula is C14H17NO3S2. The molecule has 0 bridgehead atoms. The molecule has 2 heterocycles. The van der Waals surface area contributed by atoms with E-state index >= 15 is 0 Å². The van der Waals surface area contributed by atoms with Crippen molar-refractivity contribution in [1.29, 1.82) is 0 Å². The second-order valence-electron chi connectivity index (χ2n) is 5.45. The highest BCUT2D eigenvalue weighted by atomic mass is 32.2. The summed E-state index contributed by atoms with van der Waals surface area (Å²) in [5.74, 6) is -0.0159. The minimum Gasteiger partial charge on any atom is -0.480 e. The first-order valence-electron chi connectivity index (χ1n) is 6.73. The Hall–Kier alpha value is -1.01. The highest BCUT2D eigenvalue weighted by Crippen LogP contribution is 2.46. The van der Waals surface area contributed by atoms with Crippen molar-refractivity contribution in [3.05, 3.63) is 21.4 Å². The fraction of sp³-hybridized carbons (Fsp3) is 0.571. The molecule has 2 atom stereocenters. The first-order chi connectivity index (χ1) is 9.49. The molecule has 0 radical (unpaired) electrons. The van der Waals surface area contributed by atoms with E-state index in [4.69, 9.17) is 0 Å². The van der Waals surface area contributed by atoms with Gasteiger partial charge in [0.05, 0.1) is 10.9 Å². The Morgan fingerprint density at radius 1 is 1.35 bits per heavy atom. The zero-order valence-electron chi connectivity index (χ0n) is 11.5. The molecule has 0 aromatic carbocycles. The summed E-state index contributed by atoms with van der Waals surface area (Å²) < 4.78 is 0. The number of carboxylic acids is 1. The number of hydrogen-bond donors (Lipinski definition) is 1. The van der Waals surface area contributed by atoms with E-state index < -0.39 is 12.0 Å². The fourth-order valence-corrected chi connectivity index (χ4v) is 5.25. The summed E-state index contributed by atoms with van der Waals surface area (Å²) in [7, 11) is 0. The second kappa shape index (κ2) is 5.07. The summed E-state index contributed by atoms with van der Waals surface area (Å²) in [5.41, 5.74) is 0.673. The van der Waals surface area contributed by atoms with Crippen molar-refractivity contribution >= 4 is 35.0 Å². The number of carboxylic acid groups (broad SMARTS) is 1. The van der Waals surface area contributed by atoms with E-state index in [9.17, 15) is 14.7 Å². The van der Waals surface area contributed by atoms with Gasteiger partial charge in [0, 0.05) is 15.5 Å². The van der Waals surface area contributed by atoms with Crippen LogP contribution in [0.2, 0.25) is 0 Å². The lowest BCUT2D eigenvalue weighted by atomic mass is 10.1. The molecule has 2 aliphatic rings. The number of nitrogens with zero attached hydrogens (tertiary/aromatic N) is 1. The van der Waals surface area contributed by atoms with Crippen molar-refractivity contribution in [2.24, 2.45) is 5.92 Å². The van der Waals surface area contributed by atoms with Crippen LogP contribution in [0.25, 0.3) is 0 Å². The number of aryl methyl sites for hydroxylation is 2. The van der Waals surface area contributed by atoms with Crippen molar-refractivity contribution in [3.63, 3.8) is 0 Å². The molecule has 0 spiro atoms. The molecule has 1 aromatic heterocycles. The van der Waals surface area contributed by atoms with Crippen molar-refractivity contribution in [2.45, 2.75) is 38.1 Å². The number of carbonyl (C=O) groups excluding carboxylic acids is 1. The first kappa shape index (κ1) is 13.9. The summed E-state index contributed by atoms with van der Waals surface area (Å²) in [6.07, 6.45) is 2.21. The van der Waals surface area contributed by atoms with E-state index in [0.717, 1.165) is 22.6 Å². The summed E-state index contributed by atoms with van der Waals surface area (Å²) >= 11 is 3.21. The fourth-order valence-electron chi connectivity index (χ4n) is 2.70. The molecule has 108 valence electrons. The van der Waals surface area contributed by atoms with Gasteiger partial charge < -0.3 is 10.0 Å². The van der Waals surface area contributed by atoms with Crippen LogP contribution >= 0.6 is 23.1 Å². The van der Waals surface area contributed by atoms with E-state index in [1.807, 2.05) is 19.9 Å². The molecule has 1 aliphatic carbocycles. The summed E-state index contributed by atoms with van der Waals surface area (Å²) in [6.45, 7) is 3.90. The van der Waals surface area contributed by atoms with Gasteiger partial charge in [0.2, 0.25) is 0 Å². The van der Waals surface area contributed by atoms with Crippen LogP contribution in [0.5, 0.6) is 0 Å². The maximum Gasteiger partial charge on any atom is 0.327 e. The van der Waals surface area contributed by atoms with Crippen molar-refractivity contribution < 1.29 is 14.7 Å². The smallest absolute Gasteiger partial charge is 0.327 e. The Kier molecular flexibility index (Phi) is 3.54. The molecule has 1 aliphatic heterocycles. The van der Waals surface area contributed by atoms with Gasteiger partial charge in [0.1, 0.15) is 6.04 Å². The zero-order chi connectivity index (χ0) is 14.4. The summed E-state index contributed by atoms with van der Waals surface area (Å²) in [4.78, 5) is 27.9. The average Bonchev–Trinajstić information content (AvgIpc) is 3.03. The third kappa shape index (κ3) is 2.35. The van der Waals surface area contributed by atoms with Crippen LogP contribution in [0.15, 0.2) is 6.07 Å². The lowest BCUT2D eigenvalue weighted by Crippen LogP contribution is -2.46. The normalized spacial score (nSPS) is 26.0. The third-order valence-electron chi connectivity index (χ3n) is 3.85. The van der Waals surface area contributed by atoms with Crippen LogP contribution in [-0.2, 0) is 4.79 Å². The predicted molar refractivity (Wildman–Crippen MR) is 80.4 cm³/mol. The van der Waals surface area contributed by atoms with Gasteiger partial charge in [-0.3, -0.25) is 4.79 Å². The molecular weight excluding hydrogens is 294 g/mol. The largest absolute Gasteiger partial charge is 0.480 e. The van der Waals surface area contributed by atoms with Crippen LogP contribution < -0.4 is 0 Å². The van der Waals surface area contributed by atoms with E-state index in [-0.39, 0.29) is 11.3 Å². The minimum absolute atomic E-state index is 0.0446. The maximum atomic E-state index is 12.8. The van der Waals surface area contributed by atoms with Crippen molar-refractivity contribution in [3.8, 4) is 0 Å². The minimum atomic E-state index is -0.890. The SMILES string of the molecule is Cc1cc(C(=O)N2C(C(=O)O)CSC2C2CC2)c(C)s1. The average molecular weight is 311 g/mol. The number of hydrogen-bond acceptors (Lipinski definition) is 4. The molecule has 1 N–H and O–H groups in total. The van der Waals surface area contributed by atoms with Crippen LogP contribution in [0.3, 0.4) is 0 Å². The topological polar surface area (TPSA) is 57.6 Å². The van der Waals surface area contributed by atoms with E-state index in [0.29, 0.717) is 17.2 Å². The quantitative estimate of drug-likeness (QED) is 0.932. The third-order valence-corrected chi connectivity index (χ3v) is 6.28. The number of thiophene rings is 1. The molecule has 2 unspecified atom stereocenters. The number of amides is 1. The van der Waals surface area contributed by atoms with Gasteiger partial charge in [-0.2, -0.15) is 0 Å². The van der Waals surface area contributed by atoms with E-state index in [2.05, 4.69) is 0 Å². The lowest BCUT2D eigenvalue weighted by Gasteiger charge is -2.27. The van der Waals surface area contributed by atoms with Crippen molar-refractivity contribution in [2.75, 3.05) is 5.75 Å². The molecule has 20 heavy (non-hydrogen) atoms. The number of carbonyl (C=O) groups is 2. The molecule has 1 saturated heterocycles. The van der Waals surface area contributed by atoms with Gasteiger partial charge >= 0.3 is 5.97 Å². The molecule has 1 aromatic rings. The van der Waals surface area contributed by atoms with Gasteiger partial charge in [0.25, 0.3) is 5.91 Å². The molecule has 4 nitrogen and oxygen atoms in total. The van der Waals surface area contributed by atoms with Crippen LogP contribution in [-0.4, -0.2) is 39.1 Å².